The van der Waals surface area contributed by atoms with Gasteiger partial charge in [-0.05, 0) is 71.7 Å². The number of rotatable bonds is 4. The van der Waals surface area contributed by atoms with Crippen molar-refractivity contribution in [3.63, 3.8) is 0 Å². The zero-order chi connectivity index (χ0) is 18.5. The van der Waals surface area contributed by atoms with E-state index in [2.05, 4.69) is 27.9 Å². The lowest BCUT2D eigenvalue weighted by molar-refractivity contribution is -0.120. The Kier molecular flexibility index (Phi) is 6.13. The lowest BCUT2D eigenvalue weighted by atomic mass is 10.1. The molecule has 6 heteroatoms. The van der Waals surface area contributed by atoms with E-state index in [0.29, 0.717) is 13.0 Å². The number of ether oxygens (including phenoxy) is 1. The standard InChI is InChI=1S/C20H21IN2O3/c1-14-12-16(21)9-10-17(14)22-19(24)18-8-5-11-23(18)20(25)26-13-15-6-3-2-4-7-15/h2-4,6-7,9-10,12,18H,5,8,11,13H2,1H3,(H,22,24). The third-order valence-corrected chi connectivity index (χ3v) is 5.11. The van der Waals surface area contributed by atoms with E-state index in [9.17, 15) is 9.59 Å². The van der Waals surface area contributed by atoms with Crippen molar-refractivity contribution in [3.8, 4) is 0 Å². The van der Waals surface area contributed by atoms with Crippen LogP contribution in [-0.4, -0.2) is 29.5 Å². The average molecular weight is 464 g/mol. The summed E-state index contributed by atoms with van der Waals surface area (Å²) in [5.74, 6) is -0.163. The van der Waals surface area contributed by atoms with Gasteiger partial charge in [0.1, 0.15) is 12.6 Å². The highest BCUT2D eigenvalue weighted by molar-refractivity contribution is 14.1. The molecule has 0 bridgehead atoms. The first-order valence-electron chi connectivity index (χ1n) is 8.59. The largest absolute Gasteiger partial charge is 0.445 e. The van der Waals surface area contributed by atoms with Crippen molar-refractivity contribution in [1.29, 1.82) is 0 Å². The number of likely N-dealkylation sites (tertiary alicyclic amines) is 1. The van der Waals surface area contributed by atoms with E-state index < -0.39 is 12.1 Å². The fourth-order valence-corrected chi connectivity index (χ4v) is 3.69. The number of benzene rings is 2. The van der Waals surface area contributed by atoms with Gasteiger partial charge in [0.25, 0.3) is 0 Å². The number of halogens is 1. The third kappa shape index (κ3) is 4.55. The Hall–Kier alpha value is -2.09. The molecule has 2 aromatic rings. The highest BCUT2D eigenvalue weighted by Crippen LogP contribution is 2.23. The highest BCUT2D eigenvalue weighted by atomic mass is 127. The fourth-order valence-electron chi connectivity index (χ4n) is 3.04. The summed E-state index contributed by atoms with van der Waals surface area (Å²) < 4.78 is 6.50. The molecule has 0 radical (unpaired) electrons. The minimum atomic E-state index is -0.489. The summed E-state index contributed by atoms with van der Waals surface area (Å²) in [6, 6.07) is 14.9. The molecule has 1 unspecified atom stereocenters. The van der Waals surface area contributed by atoms with Gasteiger partial charge >= 0.3 is 6.09 Å². The Labute approximate surface area is 166 Å². The van der Waals surface area contributed by atoms with Crippen molar-refractivity contribution in [2.75, 3.05) is 11.9 Å². The second-order valence-corrected chi connectivity index (χ2v) is 7.59. The molecule has 0 aliphatic carbocycles. The van der Waals surface area contributed by atoms with Crippen molar-refractivity contribution in [2.24, 2.45) is 0 Å². The van der Waals surface area contributed by atoms with E-state index in [-0.39, 0.29) is 12.5 Å². The monoisotopic (exact) mass is 464 g/mol. The van der Waals surface area contributed by atoms with Gasteiger partial charge in [0.2, 0.25) is 5.91 Å². The molecule has 2 amide bonds. The Morgan fingerprint density at radius 1 is 1.23 bits per heavy atom. The van der Waals surface area contributed by atoms with Crippen LogP contribution in [0.1, 0.15) is 24.0 Å². The van der Waals surface area contributed by atoms with Gasteiger partial charge in [0.15, 0.2) is 0 Å². The maximum Gasteiger partial charge on any atom is 0.410 e. The smallest absolute Gasteiger partial charge is 0.410 e. The van der Waals surface area contributed by atoms with Crippen LogP contribution in [0.5, 0.6) is 0 Å². The van der Waals surface area contributed by atoms with Crippen LogP contribution in [0.2, 0.25) is 0 Å². The van der Waals surface area contributed by atoms with Crippen LogP contribution in [0.4, 0.5) is 10.5 Å². The van der Waals surface area contributed by atoms with Gasteiger partial charge in [-0.2, -0.15) is 0 Å². The maximum absolute atomic E-state index is 12.7. The van der Waals surface area contributed by atoms with Gasteiger partial charge in [0.05, 0.1) is 0 Å². The van der Waals surface area contributed by atoms with E-state index in [1.54, 1.807) is 0 Å². The number of amides is 2. The lowest BCUT2D eigenvalue weighted by Gasteiger charge is -2.23. The molecule has 26 heavy (non-hydrogen) atoms. The van der Waals surface area contributed by atoms with Crippen molar-refractivity contribution in [3.05, 3.63) is 63.2 Å². The molecule has 136 valence electrons. The number of carbonyl (C=O) groups is 2. The van der Waals surface area contributed by atoms with E-state index in [4.69, 9.17) is 4.74 Å². The molecule has 3 rings (SSSR count). The fraction of sp³-hybridized carbons (Fsp3) is 0.300. The highest BCUT2D eigenvalue weighted by Gasteiger charge is 2.35. The Morgan fingerprint density at radius 2 is 2.00 bits per heavy atom. The summed E-state index contributed by atoms with van der Waals surface area (Å²) in [4.78, 5) is 26.6. The van der Waals surface area contributed by atoms with E-state index in [1.807, 2.05) is 55.5 Å². The van der Waals surface area contributed by atoms with E-state index >= 15 is 0 Å². The number of aryl methyl sites for hydroxylation is 1. The second kappa shape index (κ2) is 8.53. The Morgan fingerprint density at radius 3 is 2.73 bits per heavy atom. The molecular formula is C20H21IN2O3. The van der Waals surface area contributed by atoms with Gasteiger partial charge < -0.3 is 10.1 Å². The van der Waals surface area contributed by atoms with Gasteiger partial charge in [-0.1, -0.05) is 30.3 Å². The summed E-state index contributed by atoms with van der Waals surface area (Å²) in [6.07, 6.45) is 1.01. The van der Waals surface area contributed by atoms with Gasteiger partial charge in [-0.15, -0.1) is 0 Å². The average Bonchev–Trinajstić information content (AvgIpc) is 3.13. The number of nitrogens with zero attached hydrogens (tertiary/aromatic N) is 1. The quantitative estimate of drug-likeness (QED) is 0.686. The topological polar surface area (TPSA) is 58.6 Å². The molecule has 1 aliphatic heterocycles. The Bertz CT molecular complexity index is 795. The minimum Gasteiger partial charge on any atom is -0.445 e. The normalized spacial score (nSPS) is 16.4. The SMILES string of the molecule is Cc1cc(I)ccc1NC(=O)C1CCCN1C(=O)OCc1ccccc1. The van der Waals surface area contributed by atoms with E-state index in [1.165, 1.54) is 4.90 Å². The van der Waals surface area contributed by atoms with Gasteiger partial charge in [-0.3, -0.25) is 9.69 Å². The van der Waals surface area contributed by atoms with Crippen LogP contribution in [0.15, 0.2) is 48.5 Å². The second-order valence-electron chi connectivity index (χ2n) is 6.34. The molecule has 1 aliphatic rings. The number of anilines is 1. The first-order valence-corrected chi connectivity index (χ1v) is 9.67. The molecule has 1 fully saturated rings. The molecular weight excluding hydrogens is 443 g/mol. The maximum atomic E-state index is 12.7. The molecule has 1 heterocycles. The van der Waals surface area contributed by atoms with Crippen molar-refractivity contribution in [1.82, 2.24) is 4.90 Å². The predicted octanol–water partition coefficient (Wildman–Crippen LogP) is 4.34. The molecule has 1 atom stereocenters. The van der Waals surface area contributed by atoms with E-state index in [0.717, 1.165) is 26.8 Å². The number of hydrogen-bond acceptors (Lipinski definition) is 3. The van der Waals surface area contributed by atoms with Crippen LogP contribution < -0.4 is 5.32 Å². The summed E-state index contributed by atoms with van der Waals surface area (Å²) in [5.41, 5.74) is 2.71. The predicted molar refractivity (Wildman–Crippen MR) is 109 cm³/mol. The number of carbonyl (C=O) groups excluding carboxylic acids is 2. The minimum absolute atomic E-state index is 0.163. The number of nitrogens with one attached hydrogen (secondary N) is 1. The summed E-state index contributed by atoms with van der Waals surface area (Å²) in [6.45, 7) is 2.70. The summed E-state index contributed by atoms with van der Waals surface area (Å²) >= 11 is 2.24. The van der Waals surface area contributed by atoms with Crippen LogP contribution >= 0.6 is 22.6 Å². The van der Waals surface area contributed by atoms with Crippen molar-refractivity contribution >= 4 is 40.3 Å². The van der Waals surface area contributed by atoms with Crippen LogP contribution in [0, 0.1) is 10.5 Å². The molecule has 0 saturated carbocycles. The number of hydrogen-bond donors (Lipinski definition) is 1. The lowest BCUT2D eigenvalue weighted by Crippen LogP contribution is -2.43. The van der Waals surface area contributed by atoms with Crippen molar-refractivity contribution in [2.45, 2.75) is 32.4 Å². The zero-order valence-corrected chi connectivity index (χ0v) is 16.7. The first-order chi connectivity index (χ1) is 12.5. The van der Waals surface area contributed by atoms with Gasteiger partial charge in [0, 0.05) is 15.8 Å². The third-order valence-electron chi connectivity index (χ3n) is 4.44. The zero-order valence-electron chi connectivity index (χ0n) is 14.6. The van der Waals surface area contributed by atoms with Gasteiger partial charge in [-0.25, -0.2) is 4.79 Å². The Balaban J connectivity index is 1.61. The molecule has 2 aromatic carbocycles. The van der Waals surface area contributed by atoms with Crippen molar-refractivity contribution < 1.29 is 14.3 Å². The van der Waals surface area contributed by atoms with Crippen LogP contribution in [0.25, 0.3) is 0 Å². The molecule has 0 spiro atoms. The summed E-state index contributed by atoms with van der Waals surface area (Å²) in [5, 5.41) is 2.95. The molecule has 5 nitrogen and oxygen atoms in total. The molecule has 1 N–H and O–H groups in total. The molecule has 0 aromatic heterocycles. The van der Waals surface area contributed by atoms with Crippen LogP contribution in [-0.2, 0) is 16.1 Å². The summed E-state index contributed by atoms with van der Waals surface area (Å²) in [7, 11) is 0. The first kappa shape index (κ1) is 18.7. The van der Waals surface area contributed by atoms with Crippen LogP contribution in [0.3, 0.4) is 0 Å². The molecule has 1 saturated heterocycles.